The van der Waals surface area contributed by atoms with Crippen molar-refractivity contribution in [1.82, 2.24) is 9.88 Å². The van der Waals surface area contributed by atoms with Gasteiger partial charge in [0.15, 0.2) is 0 Å². The Morgan fingerprint density at radius 1 is 1.40 bits per heavy atom. The van der Waals surface area contributed by atoms with Gasteiger partial charge in [0.25, 0.3) is 5.91 Å². The molecule has 0 aliphatic heterocycles. The minimum atomic E-state index is -0.656. The molecule has 1 heterocycles. The summed E-state index contributed by atoms with van der Waals surface area (Å²) in [5.74, 6) is -0.267. The molecule has 2 aromatic rings. The number of nitrogens with zero attached hydrogens (tertiary/aromatic N) is 2. The third kappa shape index (κ3) is 2.62. The molecule has 0 atom stereocenters. The molecule has 1 N–H and O–H groups in total. The number of fused-ring (bicyclic) bond motifs is 1. The molecule has 2 rings (SSSR count). The van der Waals surface area contributed by atoms with E-state index in [1.54, 1.807) is 27.0 Å². The van der Waals surface area contributed by atoms with Crippen molar-refractivity contribution in [2.45, 2.75) is 19.4 Å². The number of rotatable bonds is 3. The fourth-order valence-corrected chi connectivity index (χ4v) is 2.06. The zero-order chi connectivity index (χ0) is 14.9. The summed E-state index contributed by atoms with van der Waals surface area (Å²) in [6.07, 6.45) is 0. The van der Waals surface area contributed by atoms with Gasteiger partial charge in [-0.25, -0.2) is 4.98 Å². The average molecular weight is 293 g/mol. The van der Waals surface area contributed by atoms with Crippen LogP contribution < -0.4 is 0 Å². The highest BCUT2D eigenvalue weighted by molar-refractivity contribution is 6.35. The van der Waals surface area contributed by atoms with Gasteiger partial charge in [0, 0.05) is 12.4 Å². The van der Waals surface area contributed by atoms with Crippen molar-refractivity contribution in [3.8, 4) is 0 Å². The quantitative estimate of drug-likeness (QED) is 0.946. The van der Waals surface area contributed by atoms with Gasteiger partial charge in [-0.15, -0.1) is 0 Å². The van der Waals surface area contributed by atoms with E-state index >= 15 is 0 Å². The Kier molecular flexibility index (Phi) is 3.97. The smallest absolute Gasteiger partial charge is 0.272 e. The van der Waals surface area contributed by atoms with Crippen LogP contribution in [-0.4, -0.2) is 40.1 Å². The number of hydrogen-bond donors (Lipinski definition) is 1. The van der Waals surface area contributed by atoms with Crippen molar-refractivity contribution in [1.29, 1.82) is 0 Å². The Morgan fingerprint density at radius 3 is 2.70 bits per heavy atom. The molecule has 0 saturated carbocycles. The lowest BCUT2D eigenvalue weighted by Gasteiger charge is -2.33. The Labute approximate surface area is 123 Å². The third-order valence-corrected chi connectivity index (χ3v) is 3.80. The largest absolute Gasteiger partial charge is 0.394 e. The maximum absolute atomic E-state index is 12.4. The van der Waals surface area contributed by atoms with E-state index in [0.717, 1.165) is 5.39 Å². The molecule has 5 heteroatoms. The van der Waals surface area contributed by atoms with Crippen LogP contribution in [0.3, 0.4) is 0 Å². The van der Waals surface area contributed by atoms with Gasteiger partial charge in [0.1, 0.15) is 5.69 Å². The van der Waals surface area contributed by atoms with Crippen LogP contribution in [-0.2, 0) is 0 Å². The van der Waals surface area contributed by atoms with Crippen molar-refractivity contribution in [3.63, 3.8) is 0 Å². The average Bonchev–Trinajstić information content (AvgIpc) is 2.45. The van der Waals surface area contributed by atoms with Gasteiger partial charge in [-0.3, -0.25) is 4.79 Å². The van der Waals surface area contributed by atoms with Gasteiger partial charge in [-0.1, -0.05) is 29.8 Å². The van der Waals surface area contributed by atoms with Crippen LogP contribution in [0.2, 0.25) is 5.02 Å². The first-order valence-electron chi connectivity index (χ1n) is 6.31. The standard InChI is InChI=1S/C15H17ClN2O2/c1-15(2,9-19)18(3)14(20)13-8-11(16)10-6-4-5-7-12(10)17-13/h4-8,19H,9H2,1-3H3. The van der Waals surface area contributed by atoms with Crippen molar-refractivity contribution in [2.24, 2.45) is 0 Å². The highest BCUT2D eigenvalue weighted by Gasteiger charge is 2.28. The summed E-state index contributed by atoms with van der Waals surface area (Å²) >= 11 is 6.20. The number of aliphatic hydroxyl groups is 1. The normalized spacial score (nSPS) is 11.7. The minimum Gasteiger partial charge on any atom is -0.394 e. The first-order valence-corrected chi connectivity index (χ1v) is 6.69. The lowest BCUT2D eigenvalue weighted by molar-refractivity contribution is 0.0468. The molecule has 0 radical (unpaired) electrons. The molecule has 0 fully saturated rings. The predicted molar refractivity (Wildman–Crippen MR) is 80.0 cm³/mol. The number of aliphatic hydroxyl groups excluding tert-OH is 1. The topological polar surface area (TPSA) is 53.4 Å². The fourth-order valence-electron chi connectivity index (χ4n) is 1.80. The molecule has 1 aromatic carbocycles. The van der Waals surface area contributed by atoms with Crippen LogP contribution in [0.1, 0.15) is 24.3 Å². The van der Waals surface area contributed by atoms with Gasteiger partial charge in [0.05, 0.1) is 22.7 Å². The van der Waals surface area contributed by atoms with E-state index in [-0.39, 0.29) is 18.2 Å². The molecule has 1 aromatic heterocycles. The summed E-state index contributed by atoms with van der Waals surface area (Å²) in [5, 5.41) is 10.7. The van der Waals surface area contributed by atoms with Gasteiger partial charge >= 0.3 is 0 Å². The number of para-hydroxylation sites is 1. The lowest BCUT2D eigenvalue weighted by Crippen LogP contribution is -2.47. The first kappa shape index (κ1) is 14.8. The zero-order valence-electron chi connectivity index (χ0n) is 11.7. The molecule has 0 unspecified atom stereocenters. The molecule has 20 heavy (non-hydrogen) atoms. The Bertz CT molecular complexity index is 655. The van der Waals surface area contributed by atoms with Crippen molar-refractivity contribution in [2.75, 3.05) is 13.7 Å². The monoisotopic (exact) mass is 292 g/mol. The van der Waals surface area contributed by atoms with Crippen LogP contribution in [0.4, 0.5) is 0 Å². The summed E-state index contributed by atoms with van der Waals surface area (Å²) in [4.78, 5) is 18.3. The molecule has 0 saturated heterocycles. The maximum Gasteiger partial charge on any atom is 0.272 e. The van der Waals surface area contributed by atoms with E-state index in [2.05, 4.69) is 4.98 Å². The van der Waals surface area contributed by atoms with Crippen molar-refractivity contribution in [3.05, 3.63) is 41.0 Å². The molecule has 0 bridgehead atoms. The predicted octanol–water partition coefficient (Wildman–Crippen LogP) is 2.73. The van der Waals surface area contributed by atoms with E-state index in [1.807, 2.05) is 24.3 Å². The van der Waals surface area contributed by atoms with Crippen LogP contribution >= 0.6 is 11.6 Å². The summed E-state index contributed by atoms with van der Waals surface area (Å²) in [6, 6.07) is 8.96. The number of aromatic nitrogens is 1. The SMILES string of the molecule is CN(C(=O)c1cc(Cl)c2ccccc2n1)C(C)(C)CO. The molecule has 0 aliphatic rings. The zero-order valence-corrected chi connectivity index (χ0v) is 12.5. The van der Waals surface area contributed by atoms with Crippen LogP contribution in [0.5, 0.6) is 0 Å². The number of benzene rings is 1. The number of carbonyl (C=O) groups is 1. The molecular formula is C15H17ClN2O2. The summed E-state index contributed by atoms with van der Waals surface area (Å²) in [7, 11) is 1.64. The van der Waals surface area contributed by atoms with Gasteiger partial charge < -0.3 is 10.0 Å². The number of likely N-dealkylation sites (N-methyl/N-ethyl adjacent to an activating group) is 1. The highest BCUT2D eigenvalue weighted by Crippen LogP contribution is 2.24. The van der Waals surface area contributed by atoms with E-state index in [0.29, 0.717) is 10.5 Å². The maximum atomic E-state index is 12.4. The molecular weight excluding hydrogens is 276 g/mol. The fraction of sp³-hybridized carbons (Fsp3) is 0.333. The van der Waals surface area contributed by atoms with Crippen LogP contribution in [0, 0.1) is 0 Å². The Hall–Kier alpha value is -1.65. The molecule has 4 nitrogen and oxygen atoms in total. The van der Waals surface area contributed by atoms with Crippen LogP contribution in [0.25, 0.3) is 10.9 Å². The summed E-state index contributed by atoms with van der Waals surface area (Å²) in [5.41, 5.74) is 0.299. The third-order valence-electron chi connectivity index (χ3n) is 3.48. The van der Waals surface area contributed by atoms with Gasteiger partial charge in [-0.05, 0) is 26.0 Å². The number of halogens is 1. The number of amides is 1. The number of carbonyl (C=O) groups excluding carboxylic acids is 1. The molecule has 1 amide bonds. The van der Waals surface area contributed by atoms with Crippen molar-refractivity contribution < 1.29 is 9.90 Å². The minimum absolute atomic E-state index is 0.128. The van der Waals surface area contributed by atoms with E-state index in [1.165, 1.54) is 4.90 Å². The van der Waals surface area contributed by atoms with E-state index < -0.39 is 5.54 Å². The number of hydrogen-bond acceptors (Lipinski definition) is 3. The Morgan fingerprint density at radius 2 is 2.05 bits per heavy atom. The van der Waals surface area contributed by atoms with Crippen LogP contribution in [0.15, 0.2) is 30.3 Å². The second-order valence-corrected chi connectivity index (χ2v) is 5.75. The van der Waals surface area contributed by atoms with E-state index in [4.69, 9.17) is 11.6 Å². The molecule has 0 aliphatic carbocycles. The molecule has 106 valence electrons. The highest BCUT2D eigenvalue weighted by atomic mass is 35.5. The second kappa shape index (κ2) is 5.38. The van der Waals surface area contributed by atoms with Gasteiger partial charge in [-0.2, -0.15) is 0 Å². The summed E-state index contributed by atoms with van der Waals surface area (Å²) < 4.78 is 0. The van der Waals surface area contributed by atoms with E-state index in [9.17, 15) is 9.90 Å². The van der Waals surface area contributed by atoms with Gasteiger partial charge in [0.2, 0.25) is 0 Å². The first-order chi connectivity index (χ1) is 9.36. The Balaban J connectivity index is 2.46. The van der Waals surface area contributed by atoms with Crippen molar-refractivity contribution >= 4 is 28.4 Å². The number of pyridine rings is 1. The lowest BCUT2D eigenvalue weighted by atomic mass is 10.0. The molecule has 0 spiro atoms. The second-order valence-electron chi connectivity index (χ2n) is 5.34. The summed E-state index contributed by atoms with van der Waals surface area (Å²) in [6.45, 7) is 3.44.